The van der Waals surface area contributed by atoms with Crippen LogP contribution in [0, 0.1) is 0 Å². The molecule has 1 aliphatic heterocycles. The van der Waals surface area contributed by atoms with Gasteiger partial charge in [0, 0.05) is 25.9 Å². The Balaban J connectivity index is 2.22. The Bertz CT molecular complexity index is 323. The lowest BCUT2D eigenvalue weighted by molar-refractivity contribution is -0.134. The summed E-state index contributed by atoms with van der Waals surface area (Å²) in [4.78, 5) is 17.4. The maximum Gasteiger partial charge on any atom is 0.222 e. The van der Waals surface area contributed by atoms with E-state index in [-0.39, 0.29) is 11.9 Å². The number of hydrogen-bond donors (Lipinski definition) is 0. The molecule has 74 valence electrons. The minimum absolute atomic E-state index is 0.227. The molecule has 0 N–H and O–H groups in total. The number of nitrogens with zero attached hydrogens (tertiary/aromatic N) is 2. The SMILES string of the molecule is CN1C(=O)CCC[C@H]1c1cccnc1. The summed E-state index contributed by atoms with van der Waals surface area (Å²) in [5, 5.41) is 0. The molecule has 0 bridgehead atoms. The molecule has 0 unspecified atom stereocenters. The Hall–Kier alpha value is -1.38. The standard InChI is InChI=1S/C11H14N2O/c1-13-10(5-2-6-11(13)14)9-4-3-7-12-8-9/h3-4,7-8,10H,2,5-6H2,1H3/t10-/m0/s1. The van der Waals surface area contributed by atoms with Crippen molar-refractivity contribution in [2.24, 2.45) is 0 Å². The third-order valence-electron chi connectivity index (χ3n) is 2.80. The van der Waals surface area contributed by atoms with Gasteiger partial charge in [-0.3, -0.25) is 9.78 Å². The first-order chi connectivity index (χ1) is 6.79. The van der Waals surface area contributed by atoms with Crippen molar-refractivity contribution < 1.29 is 4.79 Å². The van der Waals surface area contributed by atoms with Crippen LogP contribution in [-0.2, 0) is 4.79 Å². The van der Waals surface area contributed by atoms with Crippen molar-refractivity contribution in [2.45, 2.75) is 25.3 Å². The molecule has 2 heterocycles. The third-order valence-corrected chi connectivity index (χ3v) is 2.80. The number of carbonyl (C=O) groups is 1. The fourth-order valence-electron chi connectivity index (χ4n) is 1.95. The van der Waals surface area contributed by atoms with Crippen LogP contribution in [0.25, 0.3) is 0 Å². The van der Waals surface area contributed by atoms with E-state index in [0.717, 1.165) is 18.4 Å². The molecule has 1 fully saturated rings. The summed E-state index contributed by atoms with van der Waals surface area (Å²) in [6, 6.07) is 4.18. The molecule has 1 saturated heterocycles. The fourth-order valence-corrected chi connectivity index (χ4v) is 1.95. The third kappa shape index (κ3) is 1.62. The van der Waals surface area contributed by atoms with Crippen LogP contribution in [0.4, 0.5) is 0 Å². The second kappa shape index (κ2) is 3.78. The average Bonchev–Trinajstić information content (AvgIpc) is 2.23. The van der Waals surface area contributed by atoms with Crippen molar-refractivity contribution in [1.82, 2.24) is 9.88 Å². The quantitative estimate of drug-likeness (QED) is 0.676. The second-order valence-corrected chi connectivity index (χ2v) is 3.70. The normalized spacial score (nSPS) is 22.5. The first-order valence-corrected chi connectivity index (χ1v) is 4.94. The van der Waals surface area contributed by atoms with E-state index < -0.39 is 0 Å². The molecule has 0 spiro atoms. The zero-order valence-electron chi connectivity index (χ0n) is 8.31. The molecule has 0 aromatic carbocycles. The highest BCUT2D eigenvalue weighted by Gasteiger charge is 2.25. The smallest absolute Gasteiger partial charge is 0.222 e. The molecule has 0 aliphatic carbocycles. The monoisotopic (exact) mass is 190 g/mol. The van der Waals surface area contributed by atoms with Crippen molar-refractivity contribution in [3.05, 3.63) is 30.1 Å². The van der Waals surface area contributed by atoms with Gasteiger partial charge in [-0.25, -0.2) is 0 Å². The largest absolute Gasteiger partial charge is 0.339 e. The average molecular weight is 190 g/mol. The van der Waals surface area contributed by atoms with Gasteiger partial charge in [-0.1, -0.05) is 6.07 Å². The highest BCUT2D eigenvalue weighted by molar-refractivity contribution is 5.77. The molecule has 1 aliphatic rings. The molecular weight excluding hydrogens is 176 g/mol. The van der Waals surface area contributed by atoms with Crippen LogP contribution in [0.2, 0.25) is 0 Å². The number of piperidine rings is 1. The Morgan fingerprint density at radius 3 is 3.14 bits per heavy atom. The van der Waals surface area contributed by atoms with Crippen LogP contribution >= 0.6 is 0 Å². The number of rotatable bonds is 1. The van der Waals surface area contributed by atoms with Crippen LogP contribution in [0.3, 0.4) is 0 Å². The summed E-state index contributed by atoms with van der Waals surface area (Å²) in [5.41, 5.74) is 1.14. The minimum atomic E-state index is 0.227. The summed E-state index contributed by atoms with van der Waals surface area (Å²) < 4.78 is 0. The number of amides is 1. The summed E-state index contributed by atoms with van der Waals surface area (Å²) >= 11 is 0. The van der Waals surface area contributed by atoms with E-state index >= 15 is 0 Å². The molecule has 0 saturated carbocycles. The van der Waals surface area contributed by atoms with Gasteiger partial charge in [0.15, 0.2) is 0 Å². The van der Waals surface area contributed by atoms with Crippen molar-refractivity contribution in [3.8, 4) is 0 Å². The molecule has 3 nitrogen and oxygen atoms in total. The lowest BCUT2D eigenvalue weighted by Crippen LogP contribution is -2.34. The van der Waals surface area contributed by atoms with Crippen LogP contribution in [-0.4, -0.2) is 22.8 Å². The molecule has 14 heavy (non-hydrogen) atoms. The van der Waals surface area contributed by atoms with Gasteiger partial charge in [0.1, 0.15) is 0 Å². The molecule has 1 aromatic heterocycles. The van der Waals surface area contributed by atoms with Crippen LogP contribution in [0.5, 0.6) is 0 Å². The van der Waals surface area contributed by atoms with E-state index in [2.05, 4.69) is 4.98 Å². The van der Waals surface area contributed by atoms with Crippen molar-refractivity contribution in [3.63, 3.8) is 0 Å². The zero-order valence-corrected chi connectivity index (χ0v) is 8.31. The van der Waals surface area contributed by atoms with Gasteiger partial charge in [0.05, 0.1) is 6.04 Å². The Morgan fingerprint density at radius 2 is 2.43 bits per heavy atom. The van der Waals surface area contributed by atoms with Gasteiger partial charge >= 0.3 is 0 Å². The highest BCUT2D eigenvalue weighted by Crippen LogP contribution is 2.29. The van der Waals surface area contributed by atoms with E-state index in [9.17, 15) is 4.79 Å². The second-order valence-electron chi connectivity index (χ2n) is 3.70. The predicted octanol–water partition coefficient (Wildman–Crippen LogP) is 1.76. The molecule has 3 heteroatoms. The van der Waals surface area contributed by atoms with Gasteiger partial charge in [-0.2, -0.15) is 0 Å². The predicted molar refractivity (Wildman–Crippen MR) is 53.6 cm³/mol. The van der Waals surface area contributed by atoms with Crippen molar-refractivity contribution in [2.75, 3.05) is 7.05 Å². The van der Waals surface area contributed by atoms with E-state index in [1.165, 1.54) is 0 Å². The van der Waals surface area contributed by atoms with Gasteiger partial charge in [-0.15, -0.1) is 0 Å². The van der Waals surface area contributed by atoms with Gasteiger partial charge in [-0.05, 0) is 24.5 Å². The van der Waals surface area contributed by atoms with Gasteiger partial charge in [0.25, 0.3) is 0 Å². The molecule has 2 rings (SSSR count). The van der Waals surface area contributed by atoms with Crippen molar-refractivity contribution >= 4 is 5.91 Å². The van der Waals surface area contributed by atoms with Crippen LogP contribution in [0.15, 0.2) is 24.5 Å². The molecule has 1 aromatic rings. The van der Waals surface area contributed by atoms with E-state index in [1.54, 1.807) is 6.20 Å². The lowest BCUT2D eigenvalue weighted by Gasteiger charge is -2.32. The first kappa shape index (κ1) is 9.19. The molecule has 0 radical (unpaired) electrons. The molecular formula is C11H14N2O. The summed E-state index contributed by atoms with van der Waals surface area (Å²) in [7, 11) is 1.87. The Kier molecular flexibility index (Phi) is 2.48. The lowest BCUT2D eigenvalue weighted by atomic mass is 9.97. The van der Waals surface area contributed by atoms with E-state index in [4.69, 9.17) is 0 Å². The molecule has 1 amide bonds. The Morgan fingerprint density at radius 1 is 1.57 bits per heavy atom. The van der Waals surface area contributed by atoms with E-state index in [0.29, 0.717) is 6.42 Å². The topological polar surface area (TPSA) is 33.2 Å². The maximum atomic E-state index is 11.5. The van der Waals surface area contributed by atoms with Gasteiger partial charge in [0.2, 0.25) is 5.91 Å². The number of likely N-dealkylation sites (tertiary alicyclic amines) is 1. The highest BCUT2D eigenvalue weighted by atomic mass is 16.2. The number of carbonyl (C=O) groups excluding carboxylic acids is 1. The summed E-state index contributed by atoms with van der Waals surface area (Å²) in [6.45, 7) is 0. The number of aromatic nitrogens is 1. The number of hydrogen-bond acceptors (Lipinski definition) is 2. The number of pyridine rings is 1. The van der Waals surface area contributed by atoms with Crippen LogP contribution in [0.1, 0.15) is 30.9 Å². The van der Waals surface area contributed by atoms with E-state index in [1.807, 2.05) is 30.3 Å². The zero-order chi connectivity index (χ0) is 9.97. The molecule has 1 atom stereocenters. The maximum absolute atomic E-state index is 11.5. The summed E-state index contributed by atoms with van der Waals surface area (Å²) in [5.74, 6) is 0.241. The first-order valence-electron chi connectivity index (χ1n) is 4.94. The van der Waals surface area contributed by atoms with Crippen LogP contribution < -0.4 is 0 Å². The van der Waals surface area contributed by atoms with Crippen molar-refractivity contribution in [1.29, 1.82) is 0 Å². The van der Waals surface area contributed by atoms with Gasteiger partial charge < -0.3 is 4.90 Å². The minimum Gasteiger partial charge on any atom is -0.339 e. The fraction of sp³-hybridized carbons (Fsp3) is 0.455. The Labute approximate surface area is 83.8 Å². The summed E-state index contributed by atoms with van der Waals surface area (Å²) in [6.07, 6.45) is 6.33.